The maximum Gasteiger partial charge on any atom is 0.273 e. The predicted molar refractivity (Wildman–Crippen MR) is 102 cm³/mol. The predicted octanol–water partition coefficient (Wildman–Crippen LogP) is 4.00. The first-order valence-electron chi connectivity index (χ1n) is 8.14. The van der Waals surface area contributed by atoms with Gasteiger partial charge in [0.1, 0.15) is 12.1 Å². The first-order chi connectivity index (χ1) is 12.9. The van der Waals surface area contributed by atoms with E-state index < -0.39 is 10.8 Å². The van der Waals surface area contributed by atoms with Crippen LogP contribution in [-0.4, -0.2) is 20.8 Å². The fraction of sp³-hybridized carbons (Fsp3) is 0.105. The second-order valence-corrected chi connectivity index (χ2v) is 5.96. The maximum atomic E-state index is 12.4. The van der Waals surface area contributed by atoms with Crippen molar-refractivity contribution in [1.29, 1.82) is 0 Å². The van der Waals surface area contributed by atoms with E-state index in [2.05, 4.69) is 20.6 Å². The highest BCUT2D eigenvalue weighted by atomic mass is 16.6. The lowest BCUT2D eigenvalue weighted by atomic mass is 10.1. The van der Waals surface area contributed by atoms with Crippen molar-refractivity contribution in [3.63, 3.8) is 0 Å². The van der Waals surface area contributed by atoms with Crippen molar-refractivity contribution in [3.05, 3.63) is 81.8 Å². The zero-order valence-corrected chi connectivity index (χ0v) is 14.8. The van der Waals surface area contributed by atoms with Crippen LogP contribution in [0.2, 0.25) is 0 Å². The Hall–Kier alpha value is -3.81. The number of nitro groups is 1. The van der Waals surface area contributed by atoms with E-state index >= 15 is 0 Å². The molecule has 0 spiro atoms. The number of nitrogens with zero attached hydrogens (tertiary/aromatic N) is 3. The average Bonchev–Trinajstić information content (AvgIpc) is 2.62. The highest BCUT2D eigenvalue weighted by Gasteiger charge is 2.15. The molecule has 1 heterocycles. The van der Waals surface area contributed by atoms with Crippen LogP contribution in [-0.2, 0) is 0 Å². The van der Waals surface area contributed by atoms with Crippen molar-refractivity contribution >= 4 is 28.8 Å². The molecule has 0 aliphatic carbocycles. The highest BCUT2D eigenvalue weighted by molar-refractivity contribution is 6.05. The van der Waals surface area contributed by atoms with Gasteiger partial charge in [-0.25, -0.2) is 9.97 Å². The Morgan fingerprint density at radius 1 is 1.04 bits per heavy atom. The summed E-state index contributed by atoms with van der Waals surface area (Å²) in [7, 11) is 0. The number of carbonyl (C=O) groups is 1. The zero-order valence-electron chi connectivity index (χ0n) is 14.8. The maximum absolute atomic E-state index is 12.4. The number of amides is 1. The third-order valence-electron chi connectivity index (χ3n) is 3.86. The molecule has 0 fully saturated rings. The van der Waals surface area contributed by atoms with Gasteiger partial charge in [-0.3, -0.25) is 14.9 Å². The van der Waals surface area contributed by atoms with Gasteiger partial charge in [0.2, 0.25) is 0 Å². The van der Waals surface area contributed by atoms with Gasteiger partial charge in [0.05, 0.1) is 4.92 Å². The standard InChI is InChI=1S/C19H17N5O3/c1-12-6-7-14(9-17(12)24(26)27)19(25)23-16-5-3-4-15(10-16)22-18-8-13(2)20-11-21-18/h3-11H,1-2H3,(H,23,25)(H,20,21,22). The number of benzene rings is 2. The third-order valence-corrected chi connectivity index (χ3v) is 3.86. The second kappa shape index (κ2) is 7.61. The summed E-state index contributed by atoms with van der Waals surface area (Å²) in [5.41, 5.74) is 2.76. The summed E-state index contributed by atoms with van der Waals surface area (Å²) in [6.07, 6.45) is 1.47. The van der Waals surface area contributed by atoms with Crippen LogP contribution in [0.5, 0.6) is 0 Å². The average molecular weight is 363 g/mol. The SMILES string of the molecule is Cc1cc(Nc2cccc(NC(=O)c3ccc(C)c([N+](=O)[O-])c3)c2)ncn1. The van der Waals surface area contributed by atoms with Gasteiger partial charge in [-0.2, -0.15) is 0 Å². The molecule has 8 nitrogen and oxygen atoms in total. The van der Waals surface area contributed by atoms with Crippen molar-refractivity contribution < 1.29 is 9.72 Å². The smallest absolute Gasteiger partial charge is 0.273 e. The van der Waals surface area contributed by atoms with Crippen LogP contribution >= 0.6 is 0 Å². The topological polar surface area (TPSA) is 110 Å². The zero-order chi connectivity index (χ0) is 19.4. The number of anilines is 3. The molecule has 1 amide bonds. The van der Waals surface area contributed by atoms with E-state index in [0.29, 0.717) is 17.1 Å². The Balaban J connectivity index is 1.77. The number of rotatable bonds is 5. The summed E-state index contributed by atoms with van der Waals surface area (Å²) in [6, 6.07) is 13.3. The lowest BCUT2D eigenvalue weighted by molar-refractivity contribution is -0.385. The van der Waals surface area contributed by atoms with Gasteiger partial charge in [-0.05, 0) is 38.1 Å². The van der Waals surface area contributed by atoms with E-state index in [1.165, 1.54) is 12.4 Å². The van der Waals surface area contributed by atoms with Crippen molar-refractivity contribution in [3.8, 4) is 0 Å². The minimum atomic E-state index is -0.500. The highest BCUT2D eigenvalue weighted by Crippen LogP contribution is 2.22. The van der Waals surface area contributed by atoms with Gasteiger partial charge < -0.3 is 10.6 Å². The fourth-order valence-electron chi connectivity index (χ4n) is 2.50. The summed E-state index contributed by atoms with van der Waals surface area (Å²) < 4.78 is 0. The molecule has 3 aromatic rings. The first-order valence-corrected chi connectivity index (χ1v) is 8.14. The second-order valence-electron chi connectivity index (χ2n) is 5.96. The molecule has 8 heteroatoms. The molecule has 1 aromatic heterocycles. The van der Waals surface area contributed by atoms with Crippen molar-refractivity contribution in [1.82, 2.24) is 9.97 Å². The van der Waals surface area contributed by atoms with E-state index in [9.17, 15) is 14.9 Å². The molecule has 0 atom stereocenters. The monoisotopic (exact) mass is 363 g/mol. The van der Waals surface area contributed by atoms with Gasteiger partial charge in [0, 0.05) is 40.3 Å². The van der Waals surface area contributed by atoms with E-state index in [-0.39, 0.29) is 11.3 Å². The molecule has 0 aliphatic heterocycles. The number of hydrogen-bond acceptors (Lipinski definition) is 6. The quantitative estimate of drug-likeness (QED) is 0.524. The fourth-order valence-corrected chi connectivity index (χ4v) is 2.50. The molecule has 3 rings (SSSR count). The normalized spacial score (nSPS) is 10.3. The Kier molecular flexibility index (Phi) is 5.07. The van der Waals surface area contributed by atoms with Crippen LogP contribution < -0.4 is 10.6 Å². The molecule has 0 saturated heterocycles. The number of nitro benzene ring substituents is 1. The van der Waals surface area contributed by atoms with E-state index in [0.717, 1.165) is 11.4 Å². The summed E-state index contributed by atoms with van der Waals surface area (Å²) in [5.74, 6) is 0.216. The van der Waals surface area contributed by atoms with Crippen LogP contribution in [0, 0.1) is 24.0 Å². The van der Waals surface area contributed by atoms with Gasteiger partial charge in [0.25, 0.3) is 11.6 Å². The number of hydrogen-bond donors (Lipinski definition) is 2. The van der Waals surface area contributed by atoms with Crippen LogP contribution in [0.4, 0.5) is 22.9 Å². The number of carbonyl (C=O) groups excluding carboxylic acids is 1. The summed E-state index contributed by atoms with van der Waals surface area (Å²) in [5, 5.41) is 16.9. The van der Waals surface area contributed by atoms with E-state index in [1.54, 1.807) is 43.3 Å². The Bertz CT molecular complexity index is 1020. The lowest BCUT2D eigenvalue weighted by Gasteiger charge is -2.09. The van der Waals surface area contributed by atoms with Crippen molar-refractivity contribution in [2.24, 2.45) is 0 Å². The number of nitrogens with one attached hydrogen (secondary N) is 2. The van der Waals surface area contributed by atoms with Crippen LogP contribution in [0.3, 0.4) is 0 Å². The van der Waals surface area contributed by atoms with Crippen LogP contribution in [0.1, 0.15) is 21.6 Å². The van der Waals surface area contributed by atoms with Gasteiger partial charge in [-0.1, -0.05) is 12.1 Å². The van der Waals surface area contributed by atoms with Crippen LogP contribution in [0.25, 0.3) is 0 Å². The molecule has 0 unspecified atom stereocenters. The molecule has 2 N–H and O–H groups in total. The summed E-state index contributed by atoms with van der Waals surface area (Å²) in [4.78, 5) is 31.2. The molecule has 0 aliphatic rings. The van der Waals surface area contributed by atoms with E-state index in [4.69, 9.17) is 0 Å². The summed E-state index contributed by atoms with van der Waals surface area (Å²) in [6.45, 7) is 3.49. The number of aryl methyl sites for hydroxylation is 2. The largest absolute Gasteiger partial charge is 0.340 e. The molecule has 27 heavy (non-hydrogen) atoms. The minimum Gasteiger partial charge on any atom is -0.340 e. The number of aromatic nitrogens is 2. The third kappa shape index (κ3) is 4.43. The summed E-state index contributed by atoms with van der Waals surface area (Å²) >= 11 is 0. The van der Waals surface area contributed by atoms with Crippen LogP contribution in [0.15, 0.2) is 54.9 Å². The first kappa shape index (κ1) is 18.0. The van der Waals surface area contributed by atoms with E-state index in [1.807, 2.05) is 13.0 Å². The van der Waals surface area contributed by atoms with Crippen molar-refractivity contribution in [2.75, 3.05) is 10.6 Å². The minimum absolute atomic E-state index is 0.0859. The Labute approximate surface area is 155 Å². The molecule has 2 aromatic carbocycles. The molecular weight excluding hydrogens is 346 g/mol. The Morgan fingerprint density at radius 3 is 2.56 bits per heavy atom. The lowest BCUT2D eigenvalue weighted by Crippen LogP contribution is -2.12. The van der Waals surface area contributed by atoms with Crippen molar-refractivity contribution in [2.45, 2.75) is 13.8 Å². The van der Waals surface area contributed by atoms with Gasteiger partial charge in [-0.15, -0.1) is 0 Å². The Morgan fingerprint density at radius 2 is 1.81 bits per heavy atom. The molecule has 0 radical (unpaired) electrons. The molecule has 0 saturated carbocycles. The molecule has 136 valence electrons. The van der Waals surface area contributed by atoms with Gasteiger partial charge in [0.15, 0.2) is 0 Å². The molecule has 0 bridgehead atoms. The molecular formula is C19H17N5O3. The van der Waals surface area contributed by atoms with Gasteiger partial charge >= 0.3 is 0 Å².